The molecule has 0 aromatic heterocycles. The van der Waals surface area contributed by atoms with Crippen molar-refractivity contribution < 1.29 is 13.7 Å². The normalized spacial score (nSPS) is 9.11. The van der Waals surface area contributed by atoms with Crippen LogP contribution in [-0.2, 0) is 19.5 Å². The van der Waals surface area contributed by atoms with Crippen LogP contribution in [0.5, 0.6) is 0 Å². The predicted octanol–water partition coefficient (Wildman–Crippen LogP) is 0.0433. The molecule has 0 unspecified atom stereocenters. The average Bonchev–Trinajstić information content (AvgIpc) is 1.63. The van der Waals surface area contributed by atoms with Crippen molar-refractivity contribution >= 4 is 22.5 Å². The van der Waals surface area contributed by atoms with E-state index in [0.717, 1.165) is 0 Å². The molecule has 4 nitrogen and oxygen atoms in total. The molecular weight excluding hydrogens is 142 g/mol. The number of hydrogen-bond acceptors (Lipinski definition) is 4. The number of hydrogen-bond donors (Lipinski definition) is 1. The maximum absolute atomic E-state index is 10.3. The summed E-state index contributed by atoms with van der Waals surface area (Å²) in [5.74, 6) is 3.02. The van der Waals surface area contributed by atoms with Crippen LogP contribution in [0, 0.1) is 0 Å². The lowest BCUT2D eigenvalue weighted by molar-refractivity contribution is 0.159. The van der Waals surface area contributed by atoms with E-state index in [4.69, 9.17) is 0 Å². The molecule has 5 heteroatoms. The van der Waals surface area contributed by atoms with Crippen LogP contribution < -0.4 is 4.72 Å². The van der Waals surface area contributed by atoms with Gasteiger partial charge in [-0.05, 0) is 6.92 Å². The molecule has 0 rings (SSSR count). The van der Waals surface area contributed by atoms with E-state index in [2.05, 4.69) is 10.6 Å². The maximum atomic E-state index is 10.3. The van der Waals surface area contributed by atoms with Gasteiger partial charge in [-0.3, -0.25) is 0 Å². The largest absolute Gasteiger partial charge is 0.451 e. The highest BCUT2D eigenvalue weighted by Gasteiger charge is 1.89. The second-order valence-electron chi connectivity index (χ2n) is 1.17. The molecule has 0 saturated carbocycles. The van der Waals surface area contributed by atoms with Crippen LogP contribution in [0.15, 0.2) is 0 Å². The minimum atomic E-state index is -1.57. The predicted molar refractivity (Wildman–Crippen MR) is 35.3 cm³/mol. The Labute approximate surface area is 55.4 Å². The second-order valence-corrected chi connectivity index (χ2v) is 2.06. The molecule has 0 spiro atoms. The van der Waals surface area contributed by atoms with Crippen molar-refractivity contribution in [2.24, 2.45) is 0 Å². The summed E-state index contributed by atoms with van der Waals surface area (Å²) >= 11 is 0. The lowest BCUT2D eigenvalue weighted by Crippen LogP contribution is -2.21. The molecule has 0 aliphatic rings. The Hall–Kier alpha value is -0.710. The molecule has 54 valence electrons. The third-order valence-electron chi connectivity index (χ3n) is 0.473. The Morgan fingerprint density at radius 3 is 2.78 bits per heavy atom. The average molecular weight is 150 g/mol. The van der Waals surface area contributed by atoms with Gasteiger partial charge in [0.1, 0.15) is 0 Å². The Morgan fingerprint density at radius 2 is 2.44 bits per heavy atom. The fraction of sp³-hybridized carbons (Fsp3) is 0.500. The lowest BCUT2D eigenvalue weighted by Gasteiger charge is -2.04. The Bertz CT molecular complexity index is 155. The zero-order valence-corrected chi connectivity index (χ0v) is 5.86. The van der Waals surface area contributed by atoms with E-state index in [1.54, 1.807) is 6.92 Å². The number of ether oxygens (including phenoxy) is 1. The van der Waals surface area contributed by atoms with Crippen LogP contribution in [0.1, 0.15) is 6.92 Å². The van der Waals surface area contributed by atoms with Gasteiger partial charge in [0, 0.05) is 0 Å². The molecule has 0 heterocycles. The standard InChI is InChI=1S/C4H8NO3S/c1-3-8-4(6)5-9(2)7/h2-3H2,1H3,(H,5,6,7)/q-1. The van der Waals surface area contributed by atoms with Gasteiger partial charge in [0.25, 0.3) is 0 Å². The molecular formula is C4H8NO3S-. The second kappa shape index (κ2) is 4.20. The number of carbonyl (C=O) groups is 1. The van der Waals surface area contributed by atoms with E-state index in [1.807, 2.05) is 4.72 Å². The van der Waals surface area contributed by atoms with Crippen molar-refractivity contribution in [1.82, 2.24) is 4.72 Å². The number of rotatable bonds is 2. The number of nitrogens with one attached hydrogen (secondary N) is 1. The van der Waals surface area contributed by atoms with E-state index in [0.29, 0.717) is 0 Å². The van der Waals surface area contributed by atoms with Crippen LogP contribution in [0.25, 0.3) is 0 Å². The van der Waals surface area contributed by atoms with Crippen molar-refractivity contribution in [3.8, 4) is 0 Å². The van der Waals surface area contributed by atoms with E-state index >= 15 is 0 Å². The molecule has 0 fully saturated rings. The summed E-state index contributed by atoms with van der Waals surface area (Å²) in [6, 6.07) is 0. The zero-order valence-electron chi connectivity index (χ0n) is 5.05. The summed E-state index contributed by atoms with van der Waals surface area (Å²) in [6.07, 6.45) is -0.703. The van der Waals surface area contributed by atoms with Gasteiger partial charge in [-0.2, -0.15) is 16.4 Å². The summed E-state index contributed by atoms with van der Waals surface area (Å²) in [5.41, 5.74) is 0. The van der Waals surface area contributed by atoms with Gasteiger partial charge in [-0.25, -0.2) is 4.79 Å². The van der Waals surface area contributed by atoms with Gasteiger partial charge in [0.05, 0.1) is 6.61 Å². The van der Waals surface area contributed by atoms with Gasteiger partial charge < -0.3 is 13.7 Å². The third kappa shape index (κ3) is 5.16. The van der Waals surface area contributed by atoms with Gasteiger partial charge in [0.2, 0.25) is 0 Å². The highest BCUT2D eigenvalue weighted by atomic mass is 32.2. The maximum Gasteiger partial charge on any atom is 0.390 e. The van der Waals surface area contributed by atoms with E-state index in [-0.39, 0.29) is 6.61 Å². The fourth-order valence-electron chi connectivity index (χ4n) is 0.254. The summed E-state index contributed by atoms with van der Waals surface area (Å²) < 4.78 is 16.4. The van der Waals surface area contributed by atoms with Crippen molar-refractivity contribution in [3.63, 3.8) is 0 Å². The van der Waals surface area contributed by atoms with E-state index in [1.165, 1.54) is 0 Å². The monoisotopic (exact) mass is 150 g/mol. The minimum absolute atomic E-state index is 0.267. The van der Waals surface area contributed by atoms with Crippen LogP contribution in [-0.4, -0.2) is 18.6 Å². The van der Waals surface area contributed by atoms with Crippen LogP contribution in [0.4, 0.5) is 4.79 Å². The summed E-state index contributed by atoms with van der Waals surface area (Å²) in [4.78, 5) is 10.3. The summed E-state index contributed by atoms with van der Waals surface area (Å²) in [6.45, 7) is 1.93. The molecule has 0 atom stereocenters. The Morgan fingerprint density at radius 1 is 1.89 bits per heavy atom. The Kier molecular flexibility index (Phi) is 3.87. The van der Waals surface area contributed by atoms with Crippen molar-refractivity contribution in [3.05, 3.63) is 0 Å². The minimum Gasteiger partial charge on any atom is -0.451 e. The van der Waals surface area contributed by atoms with Crippen LogP contribution in [0.3, 0.4) is 0 Å². The van der Waals surface area contributed by atoms with Gasteiger partial charge >= 0.3 is 6.09 Å². The van der Waals surface area contributed by atoms with Gasteiger partial charge in [0.15, 0.2) is 0 Å². The van der Waals surface area contributed by atoms with E-state index < -0.39 is 16.7 Å². The molecule has 9 heavy (non-hydrogen) atoms. The molecule has 0 aromatic rings. The summed E-state index contributed by atoms with van der Waals surface area (Å²) in [7, 11) is -1.57. The lowest BCUT2D eigenvalue weighted by atomic mass is 10.9. The molecule has 0 radical (unpaired) electrons. The highest BCUT2D eigenvalue weighted by Crippen LogP contribution is 1.73. The molecule has 0 aliphatic heterocycles. The SMILES string of the molecule is C=[S-](=O)NC(=O)OCC. The molecule has 0 saturated heterocycles. The van der Waals surface area contributed by atoms with Gasteiger partial charge in [-0.15, -0.1) is 0 Å². The van der Waals surface area contributed by atoms with Crippen molar-refractivity contribution in [2.45, 2.75) is 6.92 Å². The zero-order chi connectivity index (χ0) is 7.28. The fourth-order valence-corrected chi connectivity index (χ4v) is 0.498. The first kappa shape index (κ1) is 8.29. The van der Waals surface area contributed by atoms with Crippen molar-refractivity contribution in [2.75, 3.05) is 6.61 Å². The summed E-state index contributed by atoms with van der Waals surface area (Å²) in [5, 5.41) is 0. The molecule has 0 aliphatic carbocycles. The third-order valence-corrected chi connectivity index (χ3v) is 0.867. The van der Waals surface area contributed by atoms with Gasteiger partial charge in [-0.1, -0.05) is 0 Å². The highest BCUT2D eigenvalue weighted by molar-refractivity contribution is 7.81. The van der Waals surface area contributed by atoms with E-state index in [9.17, 15) is 9.00 Å². The Balaban J connectivity index is 3.51. The first-order valence-corrected chi connectivity index (χ1v) is 3.63. The first-order valence-electron chi connectivity index (χ1n) is 2.31. The molecule has 1 amide bonds. The molecule has 0 aromatic carbocycles. The van der Waals surface area contributed by atoms with Crippen LogP contribution >= 0.6 is 0 Å². The smallest absolute Gasteiger partial charge is 0.390 e. The topological polar surface area (TPSA) is 55.4 Å². The number of amides is 1. The molecule has 1 N–H and O–H groups in total. The number of carbonyl (C=O) groups excluding carboxylic acids is 1. The van der Waals surface area contributed by atoms with Crippen molar-refractivity contribution in [1.29, 1.82) is 0 Å². The quantitative estimate of drug-likeness (QED) is 0.446. The first-order chi connectivity index (χ1) is 4.16. The van der Waals surface area contributed by atoms with Crippen LogP contribution in [0.2, 0.25) is 0 Å². The molecule has 0 bridgehead atoms.